The van der Waals surface area contributed by atoms with Crippen LogP contribution < -0.4 is 4.74 Å². The van der Waals surface area contributed by atoms with Gasteiger partial charge < -0.3 is 13.8 Å². The monoisotopic (exact) mass is 329 g/mol. The number of aromatic nitrogens is 5. The second kappa shape index (κ2) is 6.04. The van der Waals surface area contributed by atoms with Gasteiger partial charge in [0.25, 0.3) is 0 Å². The summed E-state index contributed by atoms with van der Waals surface area (Å²) in [5.74, 6) is 2.53. The number of hydrogen-bond donors (Lipinski definition) is 0. The first-order chi connectivity index (χ1) is 11.3. The molecule has 118 valence electrons. The number of hydrogen-bond acceptors (Lipinski definition) is 7. The second-order valence-corrected chi connectivity index (χ2v) is 6.22. The first-order valence-corrected chi connectivity index (χ1v) is 8.31. The topological polar surface area (TPSA) is 78.9 Å². The summed E-state index contributed by atoms with van der Waals surface area (Å²) >= 11 is 1.56. The standard InChI is InChI=1S/C15H15N5O2S/c1-21-12-6-2-10(3-7-12)14-17-13(22-19-14)8-23-15-18-16-9-20(15)11-4-5-11/h2-3,6-7,9,11H,4-5,8H2,1H3. The summed E-state index contributed by atoms with van der Waals surface area (Å²) in [6, 6.07) is 8.12. The highest BCUT2D eigenvalue weighted by Gasteiger charge is 2.26. The van der Waals surface area contributed by atoms with Crippen molar-refractivity contribution in [1.29, 1.82) is 0 Å². The maximum Gasteiger partial charge on any atom is 0.237 e. The van der Waals surface area contributed by atoms with Gasteiger partial charge in [-0.05, 0) is 37.1 Å². The van der Waals surface area contributed by atoms with Gasteiger partial charge in [0.1, 0.15) is 12.1 Å². The van der Waals surface area contributed by atoms with Gasteiger partial charge in [0.2, 0.25) is 11.7 Å². The summed E-state index contributed by atoms with van der Waals surface area (Å²) in [4.78, 5) is 4.43. The Kier molecular flexibility index (Phi) is 3.74. The average molecular weight is 329 g/mol. The molecule has 1 aromatic carbocycles. The number of ether oxygens (including phenoxy) is 1. The fourth-order valence-corrected chi connectivity index (χ4v) is 3.06. The average Bonchev–Trinajstić information content (AvgIpc) is 3.14. The summed E-state index contributed by atoms with van der Waals surface area (Å²) < 4.78 is 12.6. The third-order valence-corrected chi connectivity index (χ3v) is 4.56. The van der Waals surface area contributed by atoms with Crippen LogP contribution in [-0.4, -0.2) is 32.0 Å². The smallest absolute Gasteiger partial charge is 0.237 e. The highest BCUT2D eigenvalue weighted by molar-refractivity contribution is 7.98. The van der Waals surface area contributed by atoms with Crippen molar-refractivity contribution < 1.29 is 9.26 Å². The summed E-state index contributed by atoms with van der Waals surface area (Å²) in [7, 11) is 1.64. The van der Waals surface area contributed by atoms with Crippen molar-refractivity contribution in [3.05, 3.63) is 36.5 Å². The summed E-state index contributed by atoms with van der Waals surface area (Å²) in [5, 5.41) is 13.1. The van der Waals surface area contributed by atoms with Crippen molar-refractivity contribution in [2.75, 3.05) is 7.11 Å². The SMILES string of the molecule is COc1ccc(-c2noc(CSc3nncn3C3CC3)n2)cc1. The Balaban J connectivity index is 1.44. The molecular formula is C15H15N5O2S. The van der Waals surface area contributed by atoms with Crippen LogP contribution in [0.25, 0.3) is 11.4 Å². The Labute approximate surface area is 137 Å². The van der Waals surface area contributed by atoms with Crippen LogP contribution in [-0.2, 0) is 5.75 Å². The molecule has 2 heterocycles. The second-order valence-electron chi connectivity index (χ2n) is 5.28. The van der Waals surface area contributed by atoms with E-state index >= 15 is 0 Å². The Morgan fingerprint density at radius 1 is 1.30 bits per heavy atom. The minimum Gasteiger partial charge on any atom is -0.497 e. The minimum absolute atomic E-state index is 0.560. The predicted molar refractivity (Wildman–Crippen MR) is 84.1 cm³/mol. The Morgan fingerprint density at radius 2 is 2.13 bits per heavy atom. The van der Waals surface area contributed by atoms with Crippen LogP contribution in [0.2, 0.25) is 0 Å². The van der Waals surface area contributed by atoms with Gasteiger partial charge in [-0.15, -0.1) is 10.2 Å². The zero-order valence-electron chi connectivity index (χ0n) is 12.5. The van der Waals surface area contributed by atoms with Gasteiger partial charge in [0.15, 0.2) is 5.16 Å². The third-order valence-electron chi connectivity index (χ3n) is 3.62. The highest BCUT2D eigenvalue weighted by atomic mass is 32.2. The molecule has 23 heavy (non-hydrogen) atoms. The van der Waals surface area contributed by atoms with E-state index < -0.39 is 0 Å². The lowest BCUT2D eigenvalue weighted by Gasteiger charge is -2.01. The quantitative estimate of drug-likeness (QED) is 0.643. The normalized spacial score (nSPS) is 14.1. The Morgan fingerprint density at radius 3 is 2.87 bits per heavy atom. The third kappa shape index (κ3) is 3.07. The lowest BCUT2D eigenvalue weighted by Crippen LogP contribution is -1.94. The van der Waals surface area contributed by atoms with Crippen LogP contribution in [0.4, 0.5) is 0 Å². The van der Waals surface area contributed by atoms with E-state index in [1.807, 2.05) is 24.3 Å². The van der Waals surface area contributed by atoms with Crippen LogP contribution in [0.5, 0.6) is 5.75 Å². The number of methoxy groups -OCH3 is 1. The van der Waals surface area contributed by atoms with E-state index in [0.29, 0.717) is 23.5 Å². The van der Waals surface area contributed by atoms with Gasteiger partial charge in [-0.3, -0.25) is 0 Å². The molecule has 0 saturated heterocycles. The molecule has 0 bridgehead atoms. The first-order valence-electron chi connectivity index (χ1n) is 7.33. The largest absolute Gasteiger partial charge is 0.497 e. The molecule has 0 N–H and O–H groups in total. The fraction of sp³-hybridized carbons (Fsp3) is 0.333. The predicted octanol–water partition coefficient (Wildman–Crippen LogP) is 2.96. The molecule has 0 aliphatic heterocycles. The maximum absolute atomic E-state index is 5.32. The number of rotatable bonds is 6. The van der Waals surface area contributed by atoms with Crippen LogP contribution in [0.3, 0.4) is 0 Å². The van der Waals surface area contributed by atoms with E-state index in [1.54, 1.807) is 25.2 Å². The number of benzene rings is 1. The van der Waals surface area contributed by atoms with E-state index in [1.165, 1.54) is 12.8 Å². The van der Waals surface area contributed by atoms with Crippen molar-refractivity contribution in [3.63, 3.8) is 0 Å². The summed E-state index contributed by atoms with van der Waals surface area (Å²) in [6.07, 6.45) is 4.19. The van der Waals surface area contributed by atoms with Gasteiger partial charge >= 0.3 is 0 Å². The summed E-state index contributed by atoms with van der Waals surface area (Å²) in [5.41, 5.74) is 0.895. The van der Waals surface area contributed by atoms with Gasteiger partial charge in [0, 0.05) is 11.6 Å². The fourth-order valence-electron chi connectivity index (χ4n) is 2.24. The van der Waals surface area contributed by atoms with Gasteiger partial charge in [-0.25, -0.2) is 0 Å². The van der Waals surface area contributed by atoms with E-state index in [4.69, 9.17) is 9.26 Å². The van der Waals surface area contributed by atoms with Crippen LogP contribution in [0, 0.1) is 0 Å². The van der Waals surface area contributed by atoms with E-state index in [-0.39, 0.29) is 0 Å². The molecule has 3 aromatic rings. The lowest BCUT2D eigenvalue weighted by molar-refractivity contribution is 0.391. The van der Waals surface area contributed by atoms with Crippen molar-refractivity contribution in [2.24, 2.45) is 0 Å². The van der Waals surface area contributed by atoms with E-state index in [0.717, 1.165) is 16.5 Å². The molecule has 8 heteroatoms. The van der Waals surface area contributed by atoms with Crippen molar-refractivity contribution >= 4 is 11.8 Å². The molecule has 7 nitrogen and oxygen atoms in total. The molecule has 4 rings (SSSR count). The molecule has 1 aliphatic carbocycles. The van der Waals surface area contributed by atoms with Crippen molar-refractivity contribution in [3.8, 4) is 17.1 Å². The molecule has 0 amide bonds. The molecule has 0 unspecified atom stereocenters. The molecular weight excluding hydrogens is 314 g/mol. The molecule has 0 atom stereocenters. The van der Waals surface area contributed by atoms with Gasteiger partial charge in [0.05, 0.1) is 12.9 Å². The van der Waals surface area contributed by atoms with Crippen molar-refractivity contribution in [2.45, 2.75) is 29.8 Å². The molecule has 1 aliphatic rings. The van der Waals surface area contributed by atoms with Gasteiger partial charge in [-0.2, -0.15) is 4.98 Å². The van der Waals surface area contributed by atoms with E-state index in [9.17, 15) is 0 Å². The first kappa shape index (κ1) is 14.3. The maximum atomic E-state index is 5.32. The number of thioether (sulfide) groups is 1. The summed E-state index contributed by atoms with van der Waals surface area (Å²) in [6.45, 7) is 0. The van der Waals surface area contributed by atoms with E-state index in [2.05, 4.69) is 24.9 Å². The Hall–Kier alpha value is -2.35. The highest BCUT2D eigenvalue weighted by Crippen LogP contribution is 2.37. The molecule has 1 saturated carbocycles. The minimum atomic E-state index is 0.560. The molecule has 0 radical (unpaired) electrons. The van der Waals surface area contributed by atoms with Crippen molar-refractivity contribution in [1.82, 2.24) is 24.9 Å². The molecule has 2 aromatic heterocycles. The molecule has 0 spiro atoms. The zero-order valence-corrected chi connectivity index (χ0v) is 13.4. The lowest BCUT2D eigenvalue weighted by atomic mass is 10.2. The van der Waals surface area contributed by atoms with Crippen LogP contribution >= 0.6 is 11.8 Å². The Bertz CT molecular complexity index is 794. The van der Waals surface area contributed by atoms with Crippen LogP contribution in [0.15, 0.2) is 40.3 Å². The van der Waals surface area contributed by atoms with Gasteiger partial charge in [-0.1, -0.05) is 16.9 Å². The molecule has 1 fully saturated rings. The number of nitrogens with zero attached hydrogens (tertiary/aromatic N) is 5. The van der Waals surface area contributed by atoms with Crippen LogP contribution in [0.1, 0.15) is 24.8 Å². The zero-order chi connectivity index (χ0) is 15.6.